The van der Waals surface area contributed by atoms with Crippen molar-refractivity contribution in [3.8, 4) is 6.07 Å². The van der Waals surface area contributed by atoms with Crippen LogP contribution in [0.25, 0.3) is 0 Å². The number of amides is 1. The Kier molecular flexibility index (Phi) is 5.73. The lowest BCUT2D eigenvalue weighted by molar-refractivity contribution is -0.115. The van der Waals surface area contributed by atoms with Crippen molar-refractivity contribution in [1.82, 2.24) is 14.9 Å². The normalized spacial score (nSPS) is 11.7. The summed E-state index contributed by atoms with van der Waals surface area (Å²) in [5.41, 5.74) is 1.27. The fraction of sp³-hybridized carbons (Fsp3) is 0.176. The largest absolute Gasteiger partial charge is 0.336 e. The van der Waals surface area contributed by atoms with E-state index in [-0.39, 0.29) is 11.7 Å². The van der Waals surface area contributed by atoms with Crippen LogP contribution in [0.5, 0.6) is 0 Å². The van der Waals surface area contributed by atoms with E-state index in [0.29, 0.717) is 28.0 Å². The molecule has 0 saturated carbocycles. The first-order valence-corrected chi connectivity index (χ1v) is 9.62. The molecule has 7 nitrogen and oxygen atoms in total. The van der Waals surface area contributed by atoms with Gasteiger partial charge in [0.2, 0.25) is 11.1 Å². The average Bonchev–Trinajstić information content (AvgIpc) is 3.24. The number of rotatable bonds is 6. The van der Waals surface area contributed by atoms with Gasteiger partial charge >= 0.3 is 0 Å². The predicted molar refractivity (Wildman–Crippen MR) is 102 cm³/mol. The maximum Gasteiger partial charge on any atom is 0.238 e. The Labute approximate surface area is 163 Å². The third-order valence-corrected chi connectivity index (χ3v) is 5.57. The van der Waals surface area contributed by atoms with Crippen LogP contribution >= 0.6 is 23.1 Å². The van der Waals surface area contributed by atoms with Crippen LogP contribution in [0.1, 0.15) is 23.9 Å². The number of nitrogen functional groups attached to an aromatic ring is 1. The van der Waals surface area contributed by atoms with Gasteiger partial charge in [0.05, 0.1) is 10.8 Å². The van der Waals surface area contributed by atoms with Crippen molar-refractivity contribution >= 4 is 34.0 Å². The quantitative estimate of drug-likeness (QED) is 0.485. The summed E-state index contributed by atoms with van der Waals surface area (Å²) in [6.07, 6.45) is 0.394. The molecule has 1 amide bonds. The molecule has 3 aromatic rings. The maximum atomic E-state index is 13.0. The molecule has 0 aliphatic carbocycles. The number of nitriles is 1. The zero-order valence-corrected chi connectivity index (χ0v) is 15.9. The standard InChI is InChI=1S/C17H15FN6OS2/c1-10(15(25)21-16-12(9-19)6-7-26-16)27-17-23-22-14(24(17)20)8-11-2-4-13(18)5-3-11/h2-7,10H,8,20H2,1H3,(H,21,25)/t10-/m0/s1. The summed E-state index contributed by atoms with van der Waals surface area (Å²) in [5.74, 6) is 5.96. The van der Waals surface area contributed by atoms with Crippen LogP contribution in [-0.4, -0.2) is 26.0 Å². The van der Waals surface area contributed by atoms with Crippen LogP contribution in [0.15, 0.2) is 40.9 Å². The Morgan fingerprint density at radius 1 is 1.41 bits per heavy atom. The first-order chi connectivity index (χ1) is 13.0. The summed E-state index contributed by atoms with van der Waals surface area (Å²) in [7, 11) is 0. The fourth-order valence-electron chi connectivity index (χ4n) is 2.21. The van der Waals surface area contributed by atoms with Crippen LogP contribution in [0.3, 0.4) is 0 Å². The monoisotopic (exact) mass is 402 g/mol. The fourth-order valence-corrected chi connectivity index (χ4v) is 3.74. The highest BCUT2D eigenvalue weighted by Crippen LogP contribution is 2.26. The Morgan fingerprint density at radius 3 is 2.85 bits per heavy atom. The molecule has 3 rings (SSSR count). The second-order valence-electron chi connectivity index (χ2n) is 5.60. The van der Waals surface area contributed by atoms with E-state index in [1.165, 1.54) is 28.1 Å². The highest BCUT2D eigenvalue weighted by atomic mass is 32.2. The van der Waals surface area contributed by atoms with Crippen molar-refractivity contribution in [2.45, 2.75) is 23.8 Å². The summed E-state index contributed by atoms with van der Waals surface area (Å²) in [6, 6.07) is 9.72. The Hall–Kier alpha value is -2.90. The second-order valence-corrected chi connectivity index (χ2v) is 7.82. The molecule has 27 heavy (non-hydrogen) atoms. The van der Waals surface area contributed by atoms with Gasteiger partial charge in [-0.05, 0) is 36.1 Å². The molecule has 2 aromatic heterocycles. The lowest BCUT2D eigenvalue weighted by atomic mass is 10.1. The summed E-state index contributed by atoms with van der Waals surface area (Å²) in [6.45, 7) is 1.72. The van der Waals surface area contributed by atoms with Gasteiger partial charge in [-0.25, -0.2) is 9.07 Å². The minimum Gasteiger partial charge on any atom is -0.336 e. The third kappa shape index (κ3) is 4.45. The molecular formula is C17H15FN6OS2. The minimum atomic E-state index is -0.496. The van der Waals surface area contributed by atoms with Gasteiger partial charge in [-0.1, -0.05) is 23.9 Å². The van der Waals surface area contributed by atoms with E-state index in [4.69, 9.17) is 11.1 Å². The number of carbonyl (C=O) groups excluding carboxylic acids is 1. The Balaban J connectivity index is 1.65. The number of thiophene rings is 1. The lowest BCUT2D eigenvalue weighted by Gasteiger charge is -2.10. The van der Waals surface area contributed by atoms with Crippen LogP contribution in [0.4, 0.5) is 9.39 Å². The van der Waals surface area contributed by atoms with E-state index in [1.54, 1.807) is 30.5 Å². The number of benzene rings is 1. The van der Waals surface area contributed by atoms with Crippen LogP contribution in [-0.2, 0) is 11.2 Å². The molecule has 3 N–H and O–H groups in total. The van der Waals surface area contributed by atoms with Crippen LogP contribution in [0.2, 0.25) is 0 Å². The van der Waals surface area contributed by atoms with Gasteiger partial charge in [0.25, 0.3) is 0 Å². The molecule has 10 heteroatoms. The number of thioether (sulfide) groups is 1. The molecule has 0 aliphatic heterocycles. The molecule has 138 valence electrons. The number of hydrogen-bond donors (Lipinski definition) is 2. The van der Waals surface area contributed by atoms with Crippen molar-refractivity contribution in [2.75, 3.05) is 11.2 Å². The molecule has 0 bridgehead atoms. The van der Waals surface area contributed by atoms with E-state index in [1.807, 2.05) is 6.07 Å². The Morgan fingerprint density at radius 2 is 2.15 bits per heavy atom. The molecule has 0 fully saturated rings. The van der Waals surface area contributed by atoms with Gasteiger partial charge in [-0.15, -0.1) is 21.5 Å². The van der Waals surface area contributed by atoms with E-state index in [9.17, 15) is 9.18 Å². The lowest BCUT2D eigenvalue weighted by Crippen LogP contribution is -2.23. The molecule has 0 unspecified atom stereocenters. The molecule has 0 aliphatic rings. The van der Waals surface area contributed by atoms with Crippen LogP contribution in [0, 0.1) is 17.1 Å². The number of nitrogens with two attached hydrogens (primary N) is 1. The maximum absolute atomic E-state index is 13.0. The zero-order valence-electron chi connectivity index (χ0n) is 14.2. The average molecular weight is 402 g/mol. The molecule has 1 atom stereocenters. The van der Waals surface area contributed by atoms with Gasteiger partial charge in [-0.2, -0.15) is 5.26 Å². The first kappa shape index (κ1) is 18.9. The van der Waals surface area contributed by atoms with Gasteiger partial charge < -0.3 is 11.2 Å². The summed E-state index contributed by atoms with van der Waals surface area (Å²) in [4.78, 5) is 12.4. The zero-order chi connectivity index (χ0) is 19.4. The highest BCUT2D eigenvalue weighted by Gasteiger charge is 2.20. The summed E-state index contributed by atoms with van der Waals surface area (Å²) in [5, 5.41) is 22.0. The molecule has 2 heterocycles. The van der Waals surface area contributed by atoms with Crippen LogP contribution < -0.4 is 11.2 Å². The SMILES string of the molecule is C[C@H](Sc1nnc(Cc2ccc(F)cc2)n1N)C(=O)Nc1sccc1C#N. The molecule has 0 radical (unpaired) electrons. The van der Waals surface area contributed by atoms with Crippen molar-refractivity contribution in [1.29, 1.82) is 5.26 Å². The summed E-state index contributed by atoms with van der Waals surface area (Å²) >= 11 is 2.45. The van der Waals surface area contributed by atoms with Crippen molar-refractivity contribution in [2.24, 2.45) is 0 Å². The summed E-state index contributed by atoms with van der Waals surface area (Å²) < 4.78 is 14.3. The van der Waals surface area contributed by atoms with E-state index in [0.717, 1.165) is 17.3 Å². The number of anilines is 1. The number of aromatic nitrogens is 3. The van der Waals surface area contributed by atoms with Gasteiger partial charge in [-0.3, -0.25) is 4.79 Å². The van der Waals surface area contributed by atoms with Gasteiger partial charge in [0.1, 0.15) is 16.9 Å². The molecular weight excluding hydrogens is 387 g/mol. The number of carbonyl (C=O) groups is 1. The third-order valence-electron chi connectivity index (χ3n) is 3.68. The number of halogens is 1. The van der Waals surface area contributed by atoms with E-state index >= 15 is 0 Å². The predicted octanol–water partition coefficient (Wildman–Crippen LogP) is 2.77. The van der Waals surface area contributed by atoms with Gasteiger partial charge in [0, 0.05) is 6.42 Å². The van der Waals surface area contributed by atoms with Crippen molar-refractivity contribution in [3.05, 3.63) is 58.5 Å². The number of hydrogen-bond acceptors (Lipinski definition) is 7. The molecule has 0 saturated heterocycles. The Bertz CT molecular complexity index is 992. The second kappa shape index (κ2) is 8.20. The molecule has 0 spiro atoms. The highest BCUT2D eigenvalue weighted by molar-refractivity contribution is 8.00. The minimum absolute atomic E-state index is 0.262. The number of nitrogens with one attached hydrogen (secondary N) is 1. The topological polar surface area (TPSA) is 110 Å². The van der Waals surface area contributed by atoms with Crippen molar-refractivity contribution in [3.63, 3.8) is 0 Å². The van der Waals surface area contributed by atoms with E-state index < -0.39 is 5.25 Å². The van der Waals surface area contributed by atoms with Gasteiger partial charge in [0.15, 0.2) is 5.82 Å². The van der Waals surface area contributed by atoms with Crippen molar-refractivity contribution < 1.29 is 9.18 Å². The van der Waals surface area contributed by atoms with E-state index in [2.05, 4.69) is 15.5 Å². The molecule has 1 aromatic carbocycles. The number of nitrogens with zero attached hydrogens (tertiary/aromatic N) is 4. The smallest absolute Gasteiger partial charge is 0.238 e. The first-order valence-electron chi connectivity index (χ1n) is 7.87.